The average molecular weight is 141 g/mol. The second-order valence-corrected chi connectivity index (χ2v) is 2.46. The van der Waals surface area contributed by atoms with Crippen LogP contribution in [0.5, 0.6) is 0 Å². The van der Waals surface area contributed by atoms with Crippen LogP contribution in [0.2, 0.25) is 0 Å². The van der Waals surface area contributed by atoms with Crippen molar-refractivity contribution >= 4 is 6.09 Å². The lowest BCUT2D eigenvalue weighted by Gasteiger charge is -2.24. The number of ether oxygens (including phenoxy) is 1. The fraction of sp³-hybridized carbons (Fsp3) is 0.571. The van der Waals surface area contributed by atoms with Gasteiger partial charge in [-0.1, -0.05) is 0 Å². The van der Waals surface area contributed by atoms with Gasteiger partial charge in [0, 0.05) is 12.2 Å². The Hall–Kier alpha value is -0.990. The molecule has 0 aromatic carbocycles. The van der Waals surface area contributed by atoms with Crippen LogP contribution in [-0.4, -0.2) is 23.6 Å². The molecule has 0 aromatic heterocycles. The van der Waals surface area contributed by atoms with Crippen LogP contribution in [0.3, 0.4) is 0 Å². The van der Waals surface area contributed by atoms with Gasteiger partial charge in [-0.3, -0.25) is 4.90 Å². The molecule has 0 atom stereocenters. The van der Waals surface area contributed by atoms with Gasteiger partial charge >= 0.3 is 6.09 Å². The van der Waals surface area contributed by atoms with Crippen molar-refractivity contribution in [2.45, 2.75) is 19.9 Å². The molecule has 0 bridgehead atoms. The number of carbonyl (C=O) groups is 1. The lowest BCUT2D eigenvalue weighted by atomic mass is 10.3. The normalized spacial score (nSPS) is 17.9. The maximum Gasteiger partial charge on any atom is 0.414 e. The van der Waals surface area contributed by atoms with Gasteiger partial charge in [-0.25, -0.2) is 4.79 Å². The maximum atomic E-state index is 10.9. The summed E-state index contributed by atoms with van der Waals surface area (Å²) in [5.74, 6) is 0. The Morgan fingerprint density at radius 1 is 1.70 bits per heavy atom. The first-order valence-corrected chi connectivity index (χ1v) is 3.33. The summed E-state index contributed by atoms with van der Waals surface area (Å²) in [6.45, 7) is 4.29. The van der Waals surface area contributed by atoms with E-state index in [0.717, 1.165) is 0 Å². The quantitative estimate of drug-likeness (QED) is 0.551. The second kappa shape index (κ2) is 2.73. The fourth-order valence-corrected chi connectivity index (χ4v) is 0.794. The SMILES string of the molecule is CC(C)N1C=CCOC1=O. The average Bonchev–Trinajstić information content (AvgIpc) is 1.88. The monoisotopic (exact) mass is 141 g/mol. The van der Waals surface area contributed by atoms with Crippen molar-refractivity contribution in [2.75, 3.05) is 6.61 Å². The topological polar surface area (TPSA) is 29.5 Å². The molecule has 1 heterocycles. The largest absolute Gasteiger partial charge is 0.445 e. The van der Waals surface area contributed by atoms with Crippen molar-refractivity contribution < 1.29 is 9.53 Å². The minimum absolute atomic E-state index is 0.184. The Morgan fingerprint density at radius 2 is 2.40 bits per heavy atom. The van der Waals surface area contributed by atoms with Gasteiger partial charge in [0.2, 0.25) is 0 Å². The molecule has 1 aliphatic heterocycles. The Labute approximate surface area is 60.3 Å². The summed E-state index contributed by atoms with van der Waals surface area (Å²) in [5.41, 5.74) is 0. The lowest BCUT2D eigenvalue weighted by Crippen LogP contribution is -2.35. The highest BCUT2D eigenvalue weighted by atomic mass is 16.6. The number of cyclic esters (lactones) is 1. The van der Waals surface area contributed by atoms with Gasteiger partial charge in [0.15, 0.2) is 0 Å². The molecule has 1 amide bonds. The molecule has 0 radical (unpaired) electrons. The second-order valence-electron chi connectivity index (χ2n) is 2.46. The molecular weight excluding hydrogens is 130 g/mol. The highest BCUT2D eigenvalue weighted by Gasteiger charge is 2.17. The smallest absolute Gasteiger partial charge is 0.414 e. The van der Waals surface area contributed by atoms with Crippen molar-refractivity contribution in [3.63, 3.8) is 0 Å². The number of nitrogens with zero attached hydrogens (tertiary/aromatic N) is 1. The maximum absolute atomic E-state index is 10.9. The summed E-state index contributed by atoms with van der Waals surface area (Å²) in [6, 6.07) is 0.184. The van der Waals surface area contributed by atoms with E-state index >= 15 is 0 Å². The first kappa shape index (κ1) is 7.12. The molecule has 0 fully saturated rings. The van der Waals surface area contributed by atoms with E-state index in [1.165, 1.54) is 0 Å². The molecule has 3 nitrogen and oxygen atoms in total. The zero-order valence-electron chi connectivity index (χ0n) is 6.20. The summed E-state index contributed by atoms with van der Waals surface area (Å²) in [7, 11) is 0. The van der Waals surface area contributed by atoms with Crippen LogP contribution >= 0.6 is 0 Å². The van der Waals surface area contributed by atoms with Crippen molar-refractivity contribution in [2.24, 2.45) is 0 Å². The molecule has 0 spiro atoms. The highest BCUT2D eigenvalue weighted by molar-refractivity contribution is 5.70. The van der Waals surface area contributed by atoms with Gasteiger partial charge in [-0.05, 0) is 19.9 Å². The zero-order valence-corrected chi connectivity index (χ0v) is 6.20. The third kappa shape index (κ3) is 1.29. The fourth-order valence-electron chi connectivity index (χ4n) is 0.794. The molecule has 0 unspecified atom stereocenters. The van der Waals surface area contributed by atoms with E-state index in [1.54, 1.807) is 11.1 Å². The molecule has 0 aliphatic carbocycles. The number of amides is 1. The van der Waals surface area contributed by atoms with Crippen LogP contribution in [-0.2, 0) is 4.74 Å². The van der Waals surface area contributed by atoms with Crippen LogP contribution in [0.4, 0.5) is 4.79 Å². The predicted octanol–water partition coefficient (Wildman–Crippen LogP) is 1.36. The highest BCUT2D eigenvalue weighted by Crippen LogP contribution is 2.06. The Bertz CT molecular complexity index is 163. The molecule has 0 saturated heterocycles. The number of rotatable bonds is 1. The van der Waals surface area contributed by atoms with Gasteiger partial charge in [-0.2, -0.15) is 0 Å². The molecule has 0 N–H and O–H groups in total. The van der Waals surface area contributed by atoms with E-state index in [0.29, 0.717) is 6.61 Å². The van der Waals surface area contributed by atoms with Crippen LogP contribution in [0, 0.1) is 0 Å². The molecule has 0 saturated carbocycles. The van der Waals surface area contributed by atoms with Gasteiger partial charge in [0.1, 0.15) is 6.61 Å². The molecule has 56 valence electrons. The van der Waals surface area contributed by atoms with Crippen LogP contribution in [0.1, 0.15) is 13.8 Å². The summed E-state index contributed by atoms with van der Waals surface area (Å²) in [6.07, 6.45) is 3.33. The van der Waals surface area contributed by atoms with E-state index in [9.17, 15) is 4.79 Å². The summed E-state index contributed by atoms with van der Waals surface area (Å²) < 4.78 is 4.75. The number of carbonyl (C=O) groups excluding carboxylic acids is 1. The van der Waals surface area contributed by atoms with Crippen molar-refractivity contribution in [1.29, 1.82) is 0 Å². The summed E-state index contributed by atoms with van der Waals surface area (Å²) in [4.78, 5) is 12.4. The van der Waals surface area contributed by atoms with Crippen molar-refractivity contribution in [3.8, 4) is 0 Å². The standard InChI is InChI=1S/C7H11NO2/c1-6(2)8-4-3-5-10-7(8)9/h3-4,6H,5H2,1-2H3. The van der Waals surface area contributed by atoms with Gasteiger partial charge in [0.05, 0.1) is 0 Å². The minimum Gasteiger partial charge on any atom is -0.445 e. The Kier molecular flexibility index (Phi) is 1.94. The first-order chi connectivity index (χ1) is 4.72. The van der Waals surface area contributed by atoms with E-state index in [-0.39, 0.29) is 12.1 Å². The van der Waals surface area contributed by atoms with Gasteiger partial charge < -0.3 is 4.74 Å². The van der Waals surface area contributed by atoms with E-state index in [1.807, 2.05) is 19.9 Å². The zero-order chi connectivity index (χ0) is 7.56. The van der Waals surface area contributed by atoms with E-state index < -0.39 is 0 Å². The minimum atomic E-state index is -0.252. The molecular formula is C7H11NO2. The molecule has 3 heteroatoms. The summed E-state index contributed by atoms with van der Waals surface area (Å²) in [5, 5.41) is 0. The number of hydrogen-bond donors (Lipinski definition) is 0. The van der Waals surface area contributed by atoms with Gasteiger partial charge in [0.25, 0.3) is 0 Å². The van der Waals surface area contributed by atoms with Crippen molar-refractivity contribution in [1.82, 2.24) is 4.90 Å². The lowest BCUT2D eigenvalue weighted by molar-refractivity contribution is 0.111. The molecule has 1 rings (SSSR count). The van der Waals surface area contributed by atoms with Crippen molar-refractivity contribution in [3.05, 3.63) is 12.3 Å². The van der Waals surface area contributed by atoms with Crippen LogP contribution < -0.4 is 0 Å². The third-order valence-electron chi connectivity index (χ3n) is 1.34. The summed E-state index contributed by atoms with van der Waals surface area (Å²) >= 11 is 0. The Balaban J connectivity index is 2.64. The number of hydrogen-bond acceptors (Lipinski definition) is 2. The van der Waals surface area contributed by atoms with Crippen LogP contribution in [0.25, 0.3) is 0 Å². The van der Waals surface area contributed by atoms with E-state index in [2.05, 4.69) is 0 Å². The molecule has 0 aromatic rings. The predicted molar refractivity (Wildman–Crippen MR) is 37.5 cm³/mol. The Morgan fingerprint density at radius 3 is 2.80 bits per heavy atom. The van der Waals surface area contributed by atoms with Gasteiger partial charge in [-0.15, -0.1) is 0 Å². The van der Waals surface area contributed by atoms with E-state index in [4.69, 9.17) is 4.74 Å². The molecule has 10 heavy (non-hydrogen) atoms. The third-order valence-corrected chi connectivity index (χ3v) is 1.34. The molecule has 1 aliphatic rings. The van der Waals surface area contributed by atoms with Crippen LogP contribution in [0.15, 0.2) is 12.3 Å². The first-order valence-electron chi connectivity index (χ1n) is 3.33.